The molecule has 0 radical (unpaired) electrons. The molecule has 0 bridgehead atoms. The minimum atomic E-state index is -1.13. The molecule has 9 heteroatoms. The van der Waals surface area contributed by atoms with Crippen molar-refractivity contribution in [2.24, 2.45) is 5.41 Å². The zero-order valence-electron chi connectivity index (χ0n) is 13.9. The van der Waals surface area contributed by atoms with Gasteiger partial charge in [-0.25, -0.2) is 9.97 Å². The molecule has 0 aliphatic carbocycles. The van der Waals surface area contributed by atoms with Crippen molar-refractivity contribution in [1.29, 1.82) is 0 Å². The van der Waals surface area contributed by atoms with E-state index in [0.29, 0.717) is 19.4 Å². The second-order valence-corrected chi connectivity index (χ2v) is 5.62. The molecule has 1 aliphatic heterocycles. The largest absolute Gasteiger partial charge is 0.481 e. The number of amides is 1. The maximum atomic E-state index is 12.9. The molecule has 1 amide bonds. The van der Waals surface area contributed by atoms with Crippen LogP contribution in [-0.4, -0.2) is 72.9 Å². The Bertz CT molecular complexity index is 597. The highest BCUT2D eigenvalue weighted by Crippen LogP contribution is 2.33. The summed E-state index contributed by atoms with van der Waals surface area (Å²) in [6.45, 7) is 0.501. The Kier molecular flexibility index (Phi) is 5.55. The lowest BCUT2D eigenvalue weighted by molar-refractivity contribution is -0.155. The van der Waals surface area contributed by atoms with Crippen molar-refractivity contribution >= 4 is 11.9 Å². The maximum Gasteiger partial charge on any atom is 0.313 e. The lowest BCUT2D eigenvalue weighted by Gasteiger charge is -2.39. The summed E-state index contributed by atoms with van der Waals surface area (Å²) in [4.78, 5) is 34.0. The van der Waals surface area contributed by atoms with E-state index in [0.717, 1.165) is 0 Å². The number of likely N-dealkylation sites (tertiary alicyclic amines) is 1. The molecule has 1 saturated heterocycles. The smallest absolute Gasteiger partial charge is 0.313 e. The first-order valence-electron chi connectivity index (χ1n) is 7.43. The first-order valence-corrected chi connectivity index (χ1v) is 7.43. The van der Waals surface area contributed by atoms with Gasteiger partial charge in [0, 0.05) is 20.2 Å². The van der Waals surface area contributed by atoms with Crippen LogP contribution in [0.4, 0.5) is 0 Å². The van der Waals surface area contributed by atoms with Gasteiger partial charge < -0.3 is 24.2 Å². The Morgan fingerprint density at radius 1 is 1.25 bits per heavy atom. The van der Waals surface area contributed by atoms with E-state index in [9.17, 15) is 14.7 Å². The summed E-state index contributed by atoms with van der Waals surface area (Å²) in [5.74, 6) is -1.23. The monoisotopic (exact) mass is 339 g/mol. The van der Waals surface area contributed by atoms with Crippen LogP contribution in [0.3, 0.4) is 0 Å². The number of methoxy groups -OCH3 is 3. The number of aromatic nitrogens is 2. The van der Waals surface area contributed by atoms with E-state index < -0.39 is 17.3 Å². The van der Waals surface area contributed by atoms with Gasteiger partial charge in [-0.1, -0.05) is 0 Å². The van der Waals surface area contributed by atoms with Crippen LogP contribution in [0.2, 0.25) is 0 Å². The lowest BCUT2D eigenvalue weighted by atomic mass is 9.80. The van der Waals surface area contributed by atoms with E-state index in [1.807, 2.05) is 0 Å². The van der Waals surface area contributed by atoms with Crippen LogP contribution in [0.1, 0.15) is 23.2 Å². The topological polar surface area (TPSA) is 111 Å². The summed E-state index contributed by atoms with van der Waals surface area (Å²) in [6, 6.07) is 0. The zero-order valence-corrected chi connectivity index (χ0v) is 13.9. The Morgan fingerprint density at radius 2 is 1.88 bits per heavy atom. The fourth-order valence-corrected chi connectivity index (χ4v) is 2.94. The minimum absolute atomic E-state index is 0.0334. The Balaban J connectivity index is 2.35. The van der Waals surface area contributed by atoms with Gasteiger partial charge in [-0.05, 0) is 12.8 Å². The number of carboxylic acid groups (broad SMARTS) is 1. The fraction of sp³-hybridized carbons (Fsp3) is 0.600. The van der Waals surface area contributed by atoms with Crippen LogP contribution in [0, 0.1) is 5.41 Å². The normalized spacial score (nSPS) is 20.5. The van der Waals surface area contributed by atoms with Crippen molar-refractivity contribution in [2.75, 3.05) is 41.0 Å². The standard InChI is InChI=1S/C15H21N3O6/c1-22-8-15(14(20)21)5-4-6-18(7-15)13(19)10-11(23-2)16-9-17-12(10)24-3/h9H,4-8H2,1-3H3,(H,20,21). The minimum Gasteiger partial charge on any atom is -0.481 e. The summed E-state index contributed by atoms with van der Waals surface area (Å²) < 4.78 is 15.3. The van der Waals surface area contributed by atoms with E-state index in [1.54, 1.807) is 0 Å². The van der Waals surface area contributed by atoms with Gasteiger partial charge in [-0.2, -0.15) is 0 Å². The van der Waals surface area contributed by atoms with Gasteiger partial charge in [0.1, 0.15) is 11.7 Å². The number of hydrogen-bond donors (Lipinski definition) is 1. The number of ether oxygens (including phenoxy) is 3. The highest BCUT2D eigenvalue weighted by molar-refractivity contribution is 5.99. The molecule has 1 aliphatic rings. The lowest BCUT2D eigenvalue weighted by Crippen LogP contribution is -2.52. The summed E-state index contributed by atoms with van der Waals surface area (Å²) in [7, 11) is 4.23. The third-order valence-electron chi connectivity index (χ3n) is 4.12. The number of rotatable bonds is 6. The third kappa shape index (κ3) is 3.25. The molecule has 1 aromatic rings. The first kappa shape index (κ1) is 17.9. The van der Waals surface area contributed by atoms with Gasteiger partial charge in [0.05, 0.1) is 20.8 Å². The second kappa shape index (κ2) is 7.43. The Morgan fingerprint density at radius 3 is 2.38 bits per heavy atom. The number of piperidine rings is 1. The summed E-state index contributed by atoms with van der Waals surface area (Å²) in [6.07, 6.45) is 2.23. The average molecular weight is 339 g/mol. The van der Waals surface area contributed by atoms with Crippen molar-refractivity contribution in [3.05, 3.63) is 11.9 Å². The van der Waals surface area contributed by atoms with Crippen LogP contribution in [0.25, 0.3) is 0 Å². The van der Waals surface area contributed by atoms with Gasteiger partial charge in [0.2, 0.25) is 11.8 Å². The quantitative estimate of drug-likeness (QED) is 0.795. The first-order chi connectivity index (χ1) is 11.5. The van der Waals surface area contributed by atoms with Crippen LogP contribution in [0.5, 0.6) is 11.8 Å². The number of hydrogen-bond acceptors (Lipinski definition) is 7. The van der Waals surface area contributed by atoms with Gasteiger partial charge in [-0.3, -0.25) is 9.59 Å². The predicted octanol–water partition coefficient (Wildman–Crippen LogP) is 0.447. The SMILES string of the molecule is COCC1(C(=O)O)CCCN(C(=O)c2c(OC)ncnc2OC)C1. The van der Waals surface area contributed by atoms with E-state index in [4.69, 9.17) is 14.2 Å². The molecule has 1 aromatic heterocycles. The Hall–Kier alpha value is -2.42. The van der Waals surface area contributed by atoms with Gasteiger partial charge >= 0.3 is 5.97 Å². The molecule has 0 aromatic carbocycles. The van der Waals surface area contributed by atoms with Gasteiger partial charge in [0.15, 0.2) is 5.56 Å². The van der Waals surface area contributed by atoms with Gasteiger partial charge in [-0.15, -0.1) is 0 Å². The summed E-state index contributed by atoms with van der Waals surface area (Å²) in [5, 5.41) is 9.60. The highest BCUT2D eigenvalue weighted by Gasteiger charge is 2.44. The molecule has 2 heterocycles. The molecular formula is C15H21N3O6. The van der Waals surface area contributed by atoms with Crippen molar-refractivity contribution in [3.8, 4) is 11.8 Å². The van der Waals surface area contributed by atoms with Crippen LogP contribution in [-0.2, 0) is 9.53 Å². The van der Waals surface area contributed by atoms with Crippen LogP contribution in [0.15, 0.2) is 6.33 Å². The predicted molar refractivity (Wildman–Crippen MR) is 82.2 cm³/mol. The number of carbonyl (C=O) groups is 2. The third-order valence-corrected chi connectivity index (χ3v) is 4.12. The van der Waals surface area contributed by atoms with Crippen molar-refractivity contribution in [2.45, 2.75) is 12.8 Å². The second-order valence-electron chi connectivity index (χ2n) is 5.62. The highest BCUT2D eigenvalue weighted by atomic mass is 16.5. The number of nitrogens with zero attached hydrogens (tertiary/aromatic N) is 3. The molecule has 0 spiro atoms. The average Bonchev–Trinajstić information content (AvgIpc) is 2.60. The molecule has 2 rings (SSSR count). The van der Waals surface area contributed by atoms with Crippen molar-refractivity contribution < 1.29 is 28.9 Å². The molecule has 9 nitrogen and oxygen atoms in total. The van der Waals surface area contributed by atoms with Crippen molar-refractivity contribution in [3.63, 3.8) is 0 Å². The van der Waals surface area contributed by atoms with Gasteiger partial charge in [0.25, 0.3) is 5.91 Å². The fourth-order valence-electron chi connectivity index (χ4n) is 2.94. The van der Waals surface area contributed by atoms with Crippen molar-refractivity contribution in [1.82, 2.24) is 14.9 Å². The molecule has 132 valence electrons. The number of carbonyl (C=O) groups excluding carboxylic acids is 1. The molecule has 1 fully saturated rings. The number of carboxylic acids is 1. The molecule has 24 heavy (non-hydrogen) atoms. The molecule has 0 saturated carbocycles. The summed E-state index contributed by atoms with van der Waals surface area (Å²) in [5.41, 5.74) is -1.04. The van der Waals surface area contributed by atoms with Crippen LogP contribution < -0.4 is 9.47 Å². The molecule has 1 unspecified atom stereocenters. The van der Waals surface area contributed by atoms with E-state index >= 15 is 0 Å². The molecule has 1 atom stereocenters. The van der Waals surface area contributed by atoms with Crippen LogP contribution >= 0.6 is 0 Å². The van der Waals surface area contributed by atoms with E-state index in [-0.39, 0.29) is 30.5 Å². The molecule has 1 N–H and O–H groups in total. The Labute approximate surface area is 139 Å². The number of aliphatic carboxylic acids is 1. The summed E-state index contributed by atoms with van der Waals surface area (Å²) >= 11 is 0. The maximum absolute atomic E-state index is 12.9. The molecular weight excluding hydrogens is 318 g/mol. The zero-order chi connectivity index (χ0) is 17.7. The van der Waals surface area contributed by atoms with E-state index in [2.05, 4.69) is 9.97 Å². The van der Waals surface area contributed by atoms with E-state index in [1.165, 1.54) is 32.6 Å².